The van der Waals surface area contributed by atoms with E-state index >= 15 is 0 Å². The van der Waals surface area contributed by atoms with E-state index in [9.17, 15) is 0 Å². The van der Waals surface area contributed by atoms with E-state index < -0.39 is 0 Å². The quantitative estimate of drug-likeness (QED) is 0.879. The molecule has 4 nitrogen and oxygen atoms in total. The first-order chi connectivity index (χ1) is 8.20. The molecule has 2 rings (SSSR count). The molecule has 0 radical (unpaired) electrons. The second-order valence-electron chi connectivity index (χ2n) is 3.81. The van der Waals surface area contributed by atoms with Crippen molar-refractivity contribution in [2.45, 2.75) is 20.5 Å². The molecule has 1 aromatic carbocycles. The Hall–Kier alpha value is -1.94. The molecule has 0 unspecified atom stereocenters. The van der Waals surface area contributed by atoms with Gasteiger partial charge in [0, 0.05) is 0 Å². The van der Waals surface area contributed by atoms with Crippen LogP contribution in [0.15, 0.2) is 30.6 Å². The first-order valence-corrected chi connectivity index (χ1v) is 5.36. The van der Waals surface area contributed by atoms with Crippen LogP contribution in [0.2, 0.25) is 0 Å². The maximum Gasteiger partial charge on any atom is 0.238 e. The highest BCUT2D eigenvalue weighted by Crippen LogP contribution is 2.25. The summed E-state index contributed by atoms with van der Waals surface area (Å²) >= 11 is 0. The first-order valence-electron chi connectivity index (χ1n) is 5.36. The molecular formula is C13H14N2O2. The molecule has 2 aromatic rings. The number of rotatable bonds is 3. The molecule has 0 aliphatic heterocycles. The summed E-state index contributed by atoms with van der Waals surface area (Å²) < 4.78 is 5.65. The number of aromatic nitrogens is 2. The molecule has 4 heteroatoms. The third-order valence-electron chi connectivity index (χ3n) is 2.59. The van der Waals surface area contributed by atoms with Crippen molar-refractivity contribution in [3.8, 4) is 11.6 Å². The lowest BCUT2D eigenvalue weighted by molar-refractivity contribution is 0.274. The highest BCUT2D eigenvalue weighted by atomic mass is 16.5. The van der Waals surface area contributed by atoms with Crippen molar-refractivity contribution in [3.05, 3.63) is 47.4 Å². The average molecular weight is 230 g/mol. The van der Waals surface area contributed by atoms with Gasteiger partial charge in [-0.05, 0) is 31.0 Å². The van der Waals surface area contributed by atoms with Gasteiger partial charge in [0.15, 0.2) is 0 Å². The van der Waals surface area contributed by atoms with Gasteiger partial charge in [0.1, 0.15) is 5.75 Å². The maximum atomic E-state index is 8.97. The van der Waals surface area contributed by atoms with Crippen molar-refractivity contribution in [1.82, 2.24) is 9.97 Å². The molecule has 0 aliphatic rings. The van der Waals surface area contributed by atoms with Crippen molar-refractivity contribution < 1.29 is 9.84 Å². The van der Waals surface area contributed by atoms with E-state index in [0.29, 0.717) is 11.6 Å². The Balaban J connectivity index is 2.28. The number of aliphatic hydroxyl groups is 1. The molecular weight excluding hydrogens is 216 g/mol. The van der Waals surface area contributed by atoms with Crippen LogP contribution >= 0.6 is 0 Å². The van der Waals surface area contributed by atoms with Crippen LogP contribution in [0.25, 0.3) is 0 Å². The Morgan fingerprint density at radius 1 is 1.24 bits per heavy atom. The van der Waals surface area contributed by atoms with Crippen molar-refractivity contribution in [1.29, 1.82) is 0 Å². The average Bonchev–Trinajstić information content (AvgIpc) is 2.35. The van der Waals surface area contributed by atoms with Gasteiger partial charge in [0.25, 0.3) is 0 Å². The lowest BCUT2D eigenvalue weighted by Gasteiger charge is -2.09. The van der Waals surface area contributed by atoms with Gasteiger partial charge in [-0.3, -0.25) is 4.98 Å². The topological polar surface area (TPSA) is 55.2 Å². The van der Waals surface area contributed by atoms with Crippen LogP contribution in [0.3, 0.4) is 0 Å². The summed E-state index contributed by atoms with van der Waals surface area (Å²) in [6.45, 7) is 3.88. The zero-order chi connectivity index (χ0) is 12.3. The molecule has 88 valence electrons. The van der Waals surface area contributed by atoms with E-state index in [1.54, 1.807) is 0 Å². The van der Waals surface area contributed by atoms with E-state index in [4.69, 9.17) is 9.84 Å². The van der Waals surface area contributed by atoms with Gasteiger partial charge in [-0.15, -0.1) is 0 Å². The number of benzene rings is 1. The van der Waals surface area contributed by atoms with Crippen LogP contribution in [-0.4, -0.2) is 15.1 Å². The molecule has 0 amide bonds. The monoisotopic (exact) mass is 230 g/mol. The largest absolute Gasteiger partial charge is 0.437 e. The van der Waals surface area contributed by atoms with Crippen LogP contribution in [0, 0.1) is 13.8 Å². The summed E-state index contributed by atoms with van der Waals surface area (Å²) in [5, 5.41) is 8.97. The third kappa shape index (κ3) is 2.60. The normalized spacial score (nSPS) is 10.3. The Labute approximate surface area is 99.9 Å². The van der Waals surface area contributed by atoms with Crippen molar-refractivity contribution in [2.24, 2.45) is 0 Å². The highest BCUT2D eigenvalue weighted by molar-refractivity contribution is 5.40. The molecule has 17 heavy (non-hydrogen) atoms. The number of nitrogens with zero attached hydrogens (tertiary/aromatic N) is 2. The van der Waals surface area contributed by atoms with Crippen LogP contribution in [-0.2, 0) is 6.61 Å². The summed E-state index contributed by atoms with van der Waals surface area (Å²) in [5.74, 6) is 1.15. The smallest absolute Gasteiger partial charge is 0.238 e. The lowest BCUT2D eigenvalue weighted by atomic mass is 10.1. The minimum absolute atomic E-state index is 0.142. The number of hydrogen-bond acceptors (Lipinski definition) is 4. The number of hydrogen-bond donors (Lipinski definition) is 1. The fourth-order valence-corrected chi connectivity index (χ4v) is 1.46. The van der Waals surface area contributed by atoms with E-state index in [1.807, 2.05) is 32.0 Å². The molecule has 0 atom stereocenters. The molecule has 1 heterocycles. The number of ether oxygens (including phenoxy) is 1. The zero-order valence-corrected chi connectivity index (χ0v) is 9.84. The van der Waals surface area contributed by atoms with Gasteiger partial charge < -0.3 is 9.84 Å². The fraction of sp³-hybridized carbons (Fsp3) is 0.231. The Morgan fingerprint density at radius 2 is 2.06 bits per heavy atom. The Morgan fingerprint density at radius 3 is 2.82 bits per heavy atom. The molecule has 1 N–H and O–H groups in total. The van der Waals surface area contributed by atoms with E-state index in [0.717, 1.165) is 16.9 Å². The van der Waals surface area contributed by atoms with Gasteiger partial charge in [0.05, 0.1) is 24.7 Å². The number of aryl methyl sites for hydroxylation is 1. The van der Waals surface area contributed by atoms with Gasteiger partial charge >= 0.3 is 0 Å². The van der Waals surface area contributed by atoms with Crippen LogP contribution in [0.5, 0.6) is 11.6 Å². The first kappa shape index (κ1) is 11.5. The van der Waals surface area contributed by atoms with Gasteiger partial charge in [-0.1, -0.05) is 12.1 Å². The predicted octanol–water partition coefficient (Wildman–Crippen LogP) is 2.38. The molecule has 1 aromatic heterocycles. The van der Waals surface area contributed by atoms with Crippen LogP contribution in [0.4, 0.5) is 0 Å². The van der Waals surface area contributed by atoms with Gasteiger partial charge in [0.2, 0.25) is 5.88 Å². The summed E-state index contributed by atoms with van der Waals surface area (Å²) in [6, 6.07) is 5.84. The summed E-state index contributed by atoms with van der Waals surface area (Å²) in [5.41, 5.74) is 2.73. The minimum atomic E-state index is -0.142. The van der Waals surface area contributed by atoms with Gasteiger partial charge in [-0.2, -0.15) is 0 Å². The third-order valence-corrected chi connectivity index (χ3v) is 2.59. The van der Waals surface area contributed by atoms with Crippen LogP contribution < -0.4 is 4.74 Å². The van der Waals surface area contributed by atoms with Crippen molar-refractivity contribution in [2.75, 3.05) is 0 Å². The maximum absolute atomic E-state index is 8.97. The minimum Gasteiger partial charge on any atom is -0.437 e. The second-order valence-corrected chi connectivity index (χ2v) is 3.81. The van der Waals surface area contributed by atoms with Crippen molar-refractivity contribution in [3.63, 3.8) is 0 Å². The van der Waals surface area contributed by atoms with Crippen LogP contribution in [0.1, 0.15) is 16.8 Å². The molecule has 0 saturated heterocycles. The summed E-state index contributed by atoms with van der Waals surface area (Å²) in [6.07, 6.45) is 3.04. The zero-order valence-electron chi connectivity index (χ0n) is 9.84. The Bertz CT molecular complexity index is 527. The number of aliphatic hydroxyl groups excluding tert-OH is 1. The van der Waals surface area contributed by atoms with E-state index in [2.05, 4.69) is 9.97 Å². The van der Waals surface area contributed by atoms with Gasteiger partial charge in [-0.25, -0.2) is 4.98 Å². The van der Waals surface area contributed by atoms with E-state index in [-0.39, 0.29) is 6.61 Å². The highest BCUT2D eigenvalue weighted by Gasteiger charge is 2.05. The Kier molecular flexibility index (Phi) is 3.35. The molecule has 0 fully saturated rings. The molecule has 0 spiro atoms. The van der Waals surface area contributed by atoms with E-state index in [1.165, 1.54) is 12.4 Å². The predicted molar refractivity (Wildman–Crippen MR) is 63.9 cm³/mol. The summed E-state index contributed by atoms with van der Waals surface area (Å²) in [4.78, 5) is 8.08. The molecule has 0 aliphatic carbocycles. The lowest BCUT2D eigenvalue weighted by Crippen LogP contribution is -1.96. The standard InChI is InChI=1S/C13H14N2O2/c1-9-4-3-5-12(10(9)2)17-13-7-14-6-11(8-16)15-13/h3-7,16H,8H2,1-2H3. The fourth-order valence-electron chi connectivity index (χ4n) is 1.46. The van der Waals surface area contributed by atoms with Crippen molar-refractivity contribution >= 4 is 0 Å². The SMILES string of the molecule is Cc1cccc(Oc2cncc(CO)n2)c1C. The second kappa shape index (κ2) is 4.93. The molecule has 0 saturated carbocycles. The molecule has 0 bridgehead atoms. The summed E-state index contributed by atoms with van der Waals surface area (Å²) in [7, 11) is 0.